The van der Waals surface area contributed by atoms with Crippen LogP contribution >= 0.6 is 0 Å². The summed E-state index contributed by atoms with van der Waals surface area (Å²) in [5.74, 6) is 2.88. The lowest BCUT2D eigenvalue weighted by atomic mass is 10.1. The Morgan fingerprint density at radius 2 is 1.32 bits per heavy atom. The lowest BCUT2D eigenvalue weighted by Gasteiger charge is -2.35. The van der Waals surface area contributed by atoms with E-state index >= 15 is 0 Å². The van der Waals surface area contributed by atoms with Crippen LogP contribution in [-0.2, 0) is 0 Å². The smallest absolute Gasteiger partial charge is 0.257 e. The fourth-order valence-electron chi connectivity index (χ4n) is 4.61. The molecular weight excluding hydrogens is 476 g/mol. The van der Waals surface area contributed by atoms with Crippen LogP contribution in [0.1, 0.15) is 10.4 Å². The van der Waals surface area contributed by atoms with Crippen LogP contribution in [0.2, 0.25) is 0 Å². The quantitative estimate of drug-likeness (QED) is 0.333. The standard InChI is InChI=1S/C30H26N6O2/c37-29(34-22-11-13-24(14-12-22)38-23-7-2-1-3-8-23)27-21-33-28(26-10-5-4-9-25(26)27)35-17-19-36(20-18-35)30-31-15-6-16-32-30/h1-16,21H,17-20H2,(H,34,37). The van der Waals surface area contributed by atoms with Gasteiger partial charge in [-0.1, -0.05) is 42.5 Å². The number of hydrogen-bond acceptors (Lipinski definition) is 7. The van der Waals surface area contributed by atoms with E-state index in [0.717, 1.165) is 54.5 Å². The highest BCUT2D eigenvalue weighted by molar-refractivity contribution is 6.14. The zero-order valence-corrected chi connectivity index (χ0v) is 20.7. The van der Waals surface area contributed by atoms with Crippen molar-refractivity contribution in [1.82, 2.24) is 15.0 Å². The summed E-state index contributed by atoms with van der Waals surface area (Å²) in [6.07, 6.45) is 5.20. The first-order valence-electron chi connectivity index (χ1n) is 12.5. The number of amides is 1. The molecule has 3 heterocycles. The Labute approximate surface area is 220 Å². The third kappa shape index (κ3) is 4.97. The highest BCUT2D eigenvalue weighted by Gasteiger charge is 2.23. The van der Waals surface area contributed by atoms with Crippen molar-refractivity contribution in [2.24, 2.45) is 0 Å². The third-order valence-electron chi connectivity index (χ3n) is 6.52. The topological polar surface area (TPSA) is 83.5 Å². The van der Waals surface area contributed by atoms with Gasteiger partial charge < -0.3 is 19.9 Å². The van der Waals surface area contributed by atoms with E-state index in [1.807, 2.05) is 84.9 Å². The number of ether oxygens (including phenoxy) is 1. The molecule has 38 heavy (non-hydrogen) atoms. The second-order valence-electron chi connectivity index (χ2n) is 8.96. The van der Waals surface area contributed by atoms with E-state index in [0.29, 0.717) is 17.0 Å². The average molecular weight is 503 g/mol. The van der Waals surface area contributed by atoms with Crippen molar-refractivity contribution in [3.63, 3.8) is 0 Å². The van der Waals surface area contributed by atoms with Crippen LogP contribution in [0.5, 0.6) is 11.5 Å². The first-order chi connectivity index (χ1) is 18.7. The van der Waals surface area contributed by atoms with Crippen molar-refractivity contribution in [3.05, 3.63) is 109 Å². The Morgan fingerprint density at radius 3 is 2.05 bits per heavy atom. The Bertz CT molecular complexity index is 1540. The molecule has 6 rings (SSSR count). The molecule has 3 aromatic carbocycles. The molecule has 0 bridgehead atoms. The number of para-hydroxylation sites is 1. The van der Waals surface area contributed by atoms with Gasteiger partial charge in [0, 0.05) is 55.8 Å². The number of fused-ring (bicyclic) bond motifs is 1. The summed E-state index contributed by atoms with van der Waals surface area (Å²) in [6, 6.07) is 26.7. The van der Waals surface area contributed by atoms with E-state index in [1.165, 1.54) is 0 Å². The maximum atomic E-state index is 13.3. The number of carbonyl (C=O) groups is 1. The molecule has 1 saturated heterocycles. The molecule has 1 fully saturated rings. The number of aromatic nitrogens is 3. The van der Waals surface area contributed by atoms with Gasteiger partial charge in [-0.05, 0) is 47.9 Å². The van der Waals surface area contributed by atoms with E-state index in [2.05, 4.69) is 25.1 Å². The molecule has 0 spiro atoms. The van der Waals surface area contributed by atoms with Crippen LogP contribution in [-0.4, -0.2) is 47.0 Å². The number of nitrogens with one attached hydrogen (secondary N) is 1. The van der Waals surface area contributed by atoms with Gasteiger partial charge in [-0.3, -0.25) is 4.79 Å². The maximum Gasteiger partial charge on any atom is 0.257 e. The van der Waals surface area contributed by atoms with Gasteiger partial charge in [-0.25, -0.2) is 15.0 Å². The summed E-state index contributed by atoms with van der Waals surface area (Å²) in [5, 5.41) is 4.82. The van der Waals surface area contributed by atoms with Crippen molar-refractivity contribution >= 4 is 34.1 Å². The van der Waals surface area contributed by atoms with Gasteiger partial charge in [0.2, 0.25) is 5.95 Å². The number of anilines is 3. The van der Waals surface area contributed by atoms with Crippen molar-refractivity contribution < 1.29 is 9.53 Å². The zero-order valence-electron chi connectivity index (χ0n) is 20.7. The molecule has 0 unspecified atom stereocenters. The van der Waals surface area contributed by atoms with Crippen LogP contribution in [0.3, 0.4) is 0 Å². The van der Waals surface area contributed by atoms with E-state index in [-0.39, 0.29) is 5.91 Å². The second kappa shape index (κ2) is 10.6. The molecule has 0 aliphatic carbocycles. The molecule has 1 N–H and O–H groups in total. The Morgan fingerprint density at radius 1 is 0.684 bits per heavy atom. The summed E-state index contributed by atoms with van der Waals surface area (Å²) < 4.78 is 5.85. The molecule has 5 aromatic rings. The number of rotatable bonds is 6. The minimum atomic E-state index is -0.206. The van der Waals surface area contributed by atoms with Gasteiger partial charge >= 0.3 is 0 Å². The molecule has 0 radical (unpaired) electrons. The summed E-state index contributed by atoms with van der Waals surface area (Å²) in [6.45, 7) is 3.18. The van der Waals surface area contributed by atoms with Gasteiger partial charge in [0.15, 0.2) is 0 Å². The predicted molar refractivity (Wildman–Crippen MR) is 149 cm³/mol. The number of nitrogens with zero attached hydrogens (tertiary/aromatic N) is 5. The zero-order chi connectivity index (χ0) is 25.7. The highest BCUT2D eigenvalue weighted by atomic mass is 16.5. The molecule has 1 aliphatic heterocycles. The Hall–Kier alpha value is -4.98. The van der Waals surface area contributed by atoms with Crippen LogP contribution in [0.25, 0.3) is 10.8 Å². The lowest BCUT2D eigenvalue weighted by Crippen LogP contribution is -2.47. The third-order valence-corrected chi connectivity index (χ3v) is 6.52. The monoisotopic (exact) mass is 502 g/mol. The van der Waals surface area contributed by atoms with Crippen LogP contribution in [0.4, 0.5) is 17.5 Å². The summed E-state index contributed by atoms with van der Waals surface area (Å²) in [4.78, 5) is 31.2. The van der Waals surface area contributed by atoms with Crippen LogP contribution in [0.15, 0.2) is 104 Å². The number of benzene rings is 3. The molecule has 1 aliphatic rings. The normalized spacial score (nSPS) is 13.4. The number of carbonyl (C=O) groups excluding carboxylic acids is 1. The molecule has 2 aromatic heterocycles. The molecule has 0 atom stereocenters. The summed E-state index contributed by atoms with van der Waals surface area (Å²) in [7, 11) is 0. The van der Waals surface area contributed by atoms with Crippen molar-refractivity contribution in [3.8, 4) is 11.5 Å². The fraction of sp³-hybridized carbons (Fsp3) is 0.133. The molecule has 188 valence electrons. The second-order valence-corrected chi connectivity index (χ2v) is 8.96. The van der Waals surface area contributed by atoms with Gasteiger partial charge in [0.05, 0.1) is 5.56 Å². The largest absolute Gasteiger partial charge is 0.457 e. The van der Waals surface area contributed by atoms with Crippen molar-refractivity contribution in [1.29, 1.82) is 0 Å². The molecule has 8 heteroatoms. The van der Waals surface area contributed by atoms with Gasteiger partial charge in [0.25, 0.3) is 5.91 Å². The molecule has 0 saturated carbocycles. The molecular formula is C30H26N6O2. The maximum absolute atomic E-state index is 13.3. The first-order valence-corrected chi connectivity index (χ1v) is 12.5. The lowest BCUT2D eigenvalue weighted by molar-refractivity contribution is 0.102. The highest BCUT2D eigenvalue weighted by Crippen LogP contribution is 2.29. The molecule has 8 nitrogen and oxygen atoms in total. The van der Waals surface area contributed by atoms with Crippen molar-refractivity contribution in [2.45, 2.75) is 0 Å². The van der Waals surface area contributed by atoms with Crippen LogP contribution < -0.4 is 19.9 Å². The number of hydrogen-bond donors (Lipinski definition) is 1. The van der Waals surface area contributed by atoms with Crippen molar-refractivity contribution in [2.75, 3.05) is 41.3 Å². The van der Waals surface area contributed by atoms with E-state index in [4.69, 9.17) is 9.72 Å². The summed E-state index contributed by atoms with van der Waals surface area (Å²) in [5.41, 5.74) is 1.22. The SMILES string of the molecule is O=C(Nc1ccc(Oc2ccccc2)cc1)c1cnc(N2CCN(c3ncccn3)CC2)c2ccccc12. The van der Waals surface area contributed by atoms with Gasteiger partial charge in [-0.2, -0.15) is 0 Å². The van der Waals surface area contributed by atoms with Gasteiger partial charge in [-0.15, -0.1) is 0 Å². The van der Waals surface area contributed by atoms with E-state index in [1.54, 1.807) is 18.6 Å². The van der Waals surface area contributed by atoms with E-state index in [9.17, 15) is 4.79 Å². The minimum absolute atomic E-state index is 0.206. The number of piperazine rings is 1. The van der Waals surface area contributed by atoms with E-state index < -0.39 is 0 Å². The average Bonchev–Trinajstić information content (AvgIpc) is 2.99. The fourth-order valence-corrected chi connectivity index (χ4v) is 4.61. The summed E-state index contributed by atoms with van der Waals surface area (Å²) >= 11 is 0. The minimum Gasteiger partial charge on any atom is -0.457 e. The van der Waals surface area contributed by atoms with Crippen LogP contribution in [0, 0.1) is 0 Å². The predicted octanol–water partition coefficient (Wildman–Crippen LogP) is 5.40. The first kappa shape index (κ1) is 23.4. The Kier molecular flexibility index (Phi) is 6.51. The molecule has 1 amide bonds. The van der Waals surface area contributed by atoms with Gasteiger partial charge in [0.1, 0.15) is 17.3 Å². The Balaban J connectivity index is 1.17. The number of pyridine rings is 1.